The van der Waals surface area contributed by atoms with E-state index in [0.717, 1.165) is 18.4 Å². The minimum atomic E-state index is -0.527. The van der Waals surface area contributed by atoms with Gasteiger partial charge in [-0.1, -0.05) is 43.7 Å². The lowest BCUT2D eigenvalue weighted by Gasteiger charge is -2.18. The average Bonchev–Trinajstić information content (AvgIpc) is 2.18. The van der Waals surface area contributed by atoms with Gasteiger partial charge >= 0.3 is 0 Å². The zero-order valence-electron chi connectivity index (χ0n) is 7.98. The summed E-state index contributed by atoms with van der Waals surface area (Å²) in [6.07, 6.45) is 1.34. The summed E-state index contributed by atoms with van der Waals surface area (Å²) >= 11 is 0. The summed E-state index contributed by atoms with van der Waals surface area (Å²) in [6, 6.07) is 9.42. The van der Waals surface area contributed by atoms with E-state index in [9.17, 15) is 5.11 Å². The normalized spacial score (nSPS) is 15.3. The predicted molar refractivity (Wildman–Crippen MR) is 54.3 cm³/mol. The van der Waals surface area contributed by atoms with Gasteiger partial charge in [-0.25, -0.2) is 0 Å². The molecule has 0 saturated carbocycles. The molecule has 1 aromatic carbocycles. The lowest BCUT2D eigenvalue weighted by molar-refractivity contribution is 0.142. The molecule has 0 aliphatic rings. The Labute approximate surface area is 79.4 Å². The third-order valence-corrected chi connectivity index (χ3v) is 2.17. The summed E-state index contributed by atoms with van der Waals surface area (Å²) in [5.41, 5.74) is 6.72. The third kappa shape index (κ3) is 2.83. The maximum atomic E-state index is 9.80. The molecule has 0 fully saturated rings. The smallest absolute Gasteiger partial charge is 0.0940 e. The van der Waals surface area contributed by atoms with Crippen LogP contribution in [0.1, 0.15) is 31.4 Å². The molecule has 0 aromatic heterocycles. The molecule has 0 radical (unpaired) electrons. The maximum Gasteiger partial charge on any atom is 0.0940 e. The van der Waals surface area contributed by atoms with Crippen molar-refractivity contribution >= 4 is 0 Å². The van der Waals surface area contributed by atoms with Crippen LogP contribution in [-0.2, 0) is 0 Å². The Morgan fingerprint density at radius 3 is 2.46 bits per heavy atom. The van der Waals surface area contributed by atoms with Crippen molar-refractivity contribution in [3.63, 3.8) is 0 Å². The second-order valence-electron chi connectivity index (χ2n) is 3.31. The van der Waals surface area contributed by atoms with Gasteiger partial charge in [-0.2, -0.15) is 0 Å². The van der Waals surface area contributed by atoms with E-state index < -0.39 is 6.10 Å². The van der Waals surface area contributed by atoms with Crippen LogP contribution >= 0.6 is 0 Å². The Morgan fingerprint density at radius 1 is 1.31 bits per heavy atom. The van der Waals surface area contributed by atoms with Crippen molar-refractivity contribution in [3.8, 4) is 0 Å². The van der Waals surface area contributed by atoms with Gasteiger partial charge in [0.2, 0.25) is 0 Å². The van der Waals surface area contributed by atoms with Crippen molar-refractivity contribution in [2.24, 2.45) is 5.73 Å². The molecule has 0 spiro atoms. The molecular formula is C11H17NO. The van der Waals surface area contributed by atoms with Gasteiger partial charge < -0.3 is 10.8 Å². The van der Waals surface area contributed by atoms with Gasteiger partial charge in [0.25, 0.3) is 0 Å². The van der Waals surface area contributed by atoms with E-state index in [0.29, 0.717) is 0 Å². The fourth-order valence-electron chi connectivity index (χ4n) is 1.39. The Morgan fingerprint density at radius 2 is 1.92 bits per heavy atom. The maximum absolute atomic E-state index is 9.80. The van der Waals surface area contributed by atoms with Gasteiger partial charge in [0.15, 0.2) is 0 Å². The van der Waals surface area contributed by atoms with Gasteiger partial charge in [-0.05, 0) is 12.0 Å². The molecule has 0 saturated heterocycles. The number of rotatable bonds is 4. The largest absolute Gasteiger partial charge is 0.387 e. The summed E-state index contributed by atoms with van der Waals surface area (Å²) in [5.74, 6) is 0. The van der Waals surface area contributed by atoms with E-state index in [-0.39, 0.29) is 6.04 Å². The first-order valence-electron chi connectivity index (χ1n) is 4.74. The fourth-order valence-corrected chi connectivity index (χ4v) is 1.39. The van der Waals surface area contributed by atoms with Crippen LogP contribution in [0, 0.1) is 0 Å². The van der Waals surface area contributed by atoms with Crippen molar-refractivity contribution in [2.45, 2.75) is 31.9 Å². The molecule has 3 N–H and O–H groups in total. The first kappa shape index (κ1) is 10.2. The molecule has 2 nitrogen and oxygen atoms in total. The summed E-state index contributed by atoms with van der Waals surface area (Å²) < 4.78 is 0. The van der Waals surface area contributed by atoms with Crippen molar-refractivity contribution < 1.29 is 5.11 Å². The SMILES string of the molecule is CCC[C@@H](N)[C@H](O)c1ccccc1. The van der Waals surface area contributed by atoms with E-state index in [1.165, 1.54) is 0 Å². The molecule has 0 bridgehead atoms. The van der Waals surface area contributed by atoms with Gasteiger partial charge in [0.1, 0.15) is 0 Å². The van der Waals surface area contributed by atoms with Crippen LogP contribution in [0.5, 0.6) is 0 Å². The Balaban J connectivity index is 2.62. The van der Waals surface area contributed by atoms with Crippen LogP contribution in [-0.4, -0.2) is 11.1 Å². The standard InChI is InChI=1S/C11H17NO/c1-2-6-10(12)11(13)9-7-4-3-5-8-9/h3-5,7-8,10-11,13H,2,6,12H2,1H3/t10-,11-/m1/s1. The van der Waals surface area contributed by atoms with E-state index in [1.807, 2.05) is 30.3 Å². The molecular weight excluding hydrogens is 162 g/mol. The average molecular weight is 179 g/mol. The summed E-state index contributed by atoms with van der Waals surface area (Å²) in [7, 11) is 0. The third-order valence-electron chi connectivity index (χ3n) is 2.17. The van der Waals surface area contributed by atoms with Crippen molar-refractivity contribution in [1.82, 2.24) is 0 Å². The van der Waals surface area contributed by atoms with Crippen LogP contribution in [0.15, 0.2) is 30.3 Å². The highest BCUT2D eigenvalue weighted by molar-refractivity contribution is 5.18. The first-order chi connectivity index (χ1) is 6.25. The number of aliphatic hydroxyl groups is 1. The zero-order chi connectivity index (χ0) is 9.68. The predicted octanol–water partition coefficient (Wildman–Crippen LogP) is 1.85. The van der Waals surface area contributed by atoms with Crippen LogP contribution in [0.4, 0.5) is 0 Å². The molecule has 0 unspecified atom stereocenters. The lowest BCUT2D eigenvalue weighted by atomic mass is 10.00. The van der Waals surface area contributed by atoms with Crippen LogP contribution < -0.4 is 5.73 Å². The van der Waals surface area contributed by atoms with Crippen molar-refractivity contribution in [3.05, 3.63) is 35.9 Å². The van der Waals surface area contributed by atoms with Gasteiger partial charge in [0, 0.05) is 6.04 Å². The molecule has 2 heteroatoms. The number of benzene rings is 1. The van der Waals surface area contributed by atoms with Gasteiger partial charge in [-0.3, -0.25) is 0 Å². The molecule has 1 aromatic rings. The highest BCUT2D eigenvalue weighted by Crippen LogP contribution is 2.17. The van der Waals surface area contributed by atoms with Crippen LogP contribution in [0.25, 0.3) is 0 Å². The Bertz CT molecular complexity index is 235. The molecule has 0 aliphatic carbocycles. The Hall–Kier alpha value is -0.860. The minimum Gasteiger partial charge on any atom is -0.387 e. The van der Waals surface area contributed by atoms with Gasteiger partial charge in [-0.15, -0.1) is 0 Å². The molecule has 2 atom stereocenters. The second kappa shape index (κ2) is 5.00. The number of nitrogens with two attached hydrogens (primary N) is 1. The molecule has 72 valence electrons. The molecule has 0 aliphatic heterocycles. The molecule has 1 rings (SSSR count). The minimum absolute atomic E-state index is 0.146. The number of hydrogen-bond acceptors (Lipinski definition) is 2. The molecule has 0 heterocycles. The van der Waals surface area contributed by atoms with Crippen molar-refractivity contribution in [1.29, 1.82) is 0 Å². The fraction of sp³-hybridized carbons (Fsp3) is 0.455. The van der Waals surface area contributed by atoms with E-state index in [1.54, 1.807) is 0 Å². The van der Waals surface area contributed by atoms with E-state index in [2.05, 4.69) is 6.92 Å². The van der Waals surface area contributed by atoms with E-state index in [4.69, 9.17) is 5.73 Å². The quantitative estimate of drug-likeness (QED) is 0.741. The van der Waals surface area contributed by atoms with Gasteiger partial charge in [0.05, 0.1) is 6.10 Å². The van der Waals surface area contributed by atoms with E-state index >= 15 is 0 Å². The molecule has 13 heavy (non-hydrogen) atoms. The highest BCUT2D eigenvalue weighted by Gasteiger charge is 2.14. The number of hydrogen-bond donors (Lipinski definition) is 2. The topological polar surface area (TPSA) is 46.2 Å². The summed E-state index contributed by atoms with van der Waals surface area (Å²) in [6.45, 7) is 2.07. The number of aliphatic hydroxyl groups excluding tert-OH is 1. The second-order valence-corrected chi connectivity index (χ2v) is 3.31. The lowest BCUT2D eigenvalue weighted by Crippen LogP contribution is -2.27. The first-order valence-corrected chi connectivity index (χ1v) is 4.74. The Kier molecular flexibility index (Phi) is 3.93. The van der Waals surface area contributed by atoms with Crippen LogP contribution in [0.2, 0.25) is 0 Å². The summed E-state index contributed by atoms with van der Waals surface area (Å²) in [5, 5.41) is 9.80. The monoisotopic (exact) mass is 179 g/mol. The van der Waals surface area contributed by atoms with Crippen LogP contribution in [0.3, 0.4) is 0 Å². The zero-order valence-corrected chi connectivity index (χ0v) is 7.98. The van der Waals surface area contributed by atoms with Crippen molar-refractivity contribution in [2.75, 3.05) is 0 Å². The highest BCUT2D eigenvalue weighted by atomic mass is 16.3. The summed E-state index contributed by atoms with van der Waals surface area (Å²) in [4.78, 5) is 0. The molecule has 0 amide bonds.